The van der Waals surface area contributed by atoms with Crippen LogP contribution in [0.4, 0.5) is 0 Å². The summed E-state index contributed by atoms with van der Waals surface area (Å²) in [6.45, 7) is 5.72. The summed E-state index contributed by atoms with van der Waals surface area (Å²) in [6.07, 6.45) is 0.716. The number of likely N-dealkylation sites (N-methyl/N-ethyl adjacent to an activating group) is 1. The second-order valence-electron chi connectivity index (χ2n) is 6.62. The van der Waals surface area contributed by atoms with Crippen LogP contribution < -0.4 is 5.69 Å². The number of hydrogen-bond donors (Lipinski definition) is 1. The van der Waals surface area contributed by atoms with Crippen molar-refractivity contribution in [1.29, 1.82) is 0 Å². The van der Waals surface area contributed by atoms with E-state index in [0.29, 0.717) is 31.2 Å². The molecule has 2 aromatic carbocycles. The molecule has 0 bridgehead atoms. The molecule has 1 N–H and O–H groups in total. The molecule has 29 heavy (non-hydrogen) atoms. The highest BCUT2D eigenvalue weighted by Crippen LogP contribution is 2.35. The Labute approximate surface area is 174 Å². The van der Waals surface area contributed by atoms with Crippen LogP contribution in [0, 0.1) is 0 Å². The molecule has 7 heteroatoms. The van der Waals surface area contributed by atoms with Crippen molar-refractivity contribution in [3.8, 4) is 0 Å². The fraction of sp³-hybridized carbons (Fsp3) is 0.318. The van der Waals surface area contributed by atoms with Crippen LogP contribution in [0.15, 0.2) is 70.6 Å². The fourth-order valence-electron chi connectivity index (χ4n) is 3.17. The van der Waals surface area contributed by atoms with E-state index in [1.165, 1.54) is 11.8 Å². The minimum absolute atomic E-state index is 0.0243. The van der Waals surface area contributed by atoms with E-state index in [1.54, 1.807) is 4.57 Å². The van der Waals surface area contributed by atoms with Crippen molar-refractivity contribution in [1.82, 2.24) is 19.7 Å². The average molecular weight is 411 g/mol. The predicted molar refractivity (Wildman–Crippen MR) is 116 cm³/mol. The Bertz CT molecular complexity index is 965. The summed E-state index contributed by atoms with van der Waals surface area (Å²) in [4.78, 5) is 27.3. The maximum Gasteiger partial charge on any atom is 0.343 e. The second-order valence-corrected chi connectivity index (χ2v) is 7.69. The van der Waals surface area contributed by atoms with E-state index in [0.717, 1.165) is 11.1 Å². The number of aromatic amines is 1. The highest BCUT2D eigenvalue weighted by Gasteiger charge is 2.28. The molecule has 3 rings (SSSR count). The number of benzene rings is 2. The van der Waals surface area contributed by atoms with Crippen molar-refractivity contribution in [3.63, 3.8) is 0 Å². The monoisotopic (exact) mass is 410 g/mol. The van der Waals surface area contributed by atoms with Gasteiger partial charge in [-0.2, -0.15) is 0 Å². The van der Waals surface area contributed by atoms with Crippen molar-refractivity contribution < 1.29 is 4.79 Å². The van der Waals surface area contributed by atoms with Crippen LogP contribution in [0.25, 0.3) is 0 Å². The molecule has 152 valence electrons. The van der Waals surface area contributed by atoms with Crippen molar-refractivity contribution >= 4 is 17.7 Å². The number of H-pyrrole nitrogens is 1. The van der Waals surface area contributed by atoms with E-state index in [-0.39, 0.29) is 11.6 Å². The quantitative estimate of drug-likeness (QED) is 0.548. The summed E-state index contributed by atoms with van der Waals surface area (Å²) in [5.74, 6) is 0.0243. The van der Waals surface area contributed by atoms with Gasteiger partial charge in [-0.05, 0) is 31.4 Å². The third kappa shape index (κ3) is 5.17. The molecule has 0 spiro atoms. The minimum atomic E-state index is -0.457. The number of carbonyl (C=O) groups excluding carboxylic acids is 1. The minimum Gasteiger partial charge on any atom is -0.342 e. The molecular weight excluding hydrogens is 384 g/mol. The molecule has 0 fully saturated rings. The van der Waals surface area contributed by atoms with Crippen molar-refractivity contribution in [2.24, 2.45) is 0 Å². The smallest absolute Gasteiger partial charge is 0.342 e. The van der Waals surface area contributed by atoms with Gasteiger partial charge in [-0.25, -0.2) is 9.89 Å². The molecule has 0 radical (unpaired) electrons. The second kappa shape index (κ2) is 10.1. The van der Waals surface area contributed by atoms with Gasteiger partial charge in [0.15, 0.2) is 5.16 Å². The third-order valence-electron chi connectivity index (χ3n) is 4.82. The molecule has 1 heterocycles. The Kier molecular flexibility index (Phi) is 7.30. The lowest BCUT2D eigenvalue weighted by atomic mass is 10.1. The number of amides is 1. The van der Waals surface area contributed by atoms with Gasteiger partial charge in [-0.3, -0.25) is 9.36 Å². The number of nitrogens with one attached hydrogen (secondary N) is 1. The number of hydrogen-bond acceptors (Lipinski definition) is 4. The number of thioether (sulfide) groups is 1. The molecule has 0 saturated heterocycles. The van der Waals surface area contributed by atoms with Crippen LogP contribution in [-0.4, -0.2) is 38.7 Å². The van der Waals surface area contributed by atoms with Crippen LogP contribution in [0.3, 0.4) is 0 Å². The SMILES string of the molecule is CCN(CC)C(=O)C(Sc1n[nH]c(=O)n1CCc1ccccc1)c1ccccc1. The lowest BCUT2D eigenvalue weighted by molar-refractivity contribution is -0.130. The lowest BCUT2D eigenvalue weighted by Crippen LogP contribution is -2.34. The maximum atomic E-state index is 13.2. The standard InChI is InChI=1S/C22H26N4O2S/c1-3-25(4-2)20(27)19(18-13-9-6-10-14-18)29-22-24-23-21(28)26(22)16-15-17-11-7-5-8-12-17/h5-14,19H,3-4,15-16H2,1-2H3,(H,23,28). The van der Waals surface area contributed by atoms with Gasteiger partial charge in [0.2, 0.25) is 5.91 Å². The molecule has 3 aromatic rings. The molecule has 1 unspecified atom stereocenters. The molecule has 0 aliphatic carbocycles. The Balaban J connectivity index is 1.86. The van der Waals surface area contributed by atoms with E-state index in [1.807, 2.05) is 79.4 Å². The van der Waals surface area contributed by atoms with Gasteiger partial charge in [0.1, 0.15) is 5.25 Å². The third-order valence-corrected chi connectivity index (χ3v) is 6.05. The summed E-state index contributed by atoms with van der Waals surface area (Å²) in [5.41, 5.74) is 1.79. The van der Waals surface area contributed by atoms with E-state index in [9.17, 15) is 9.59 Å². The van der Waals surface area contributed by atoms with Gasteiger partial charge in [0.05, 0.1) is 0 Å². The van der Waals surface area contributed by atoms with Gasteiger partial charge < -0.3 is 4.90 Å². The largest absolute Gasteiger partial charge is 0.343 e. The molecule has 1 amide bonds. The van der Waals surface area contributed by atoms with E-state index in [2.05, 4.69) is 10.2 Å². The zero-order valence-electron chi connectivity index (χ0n) is 16.7. The van der Waals surface area contributed by atoms with E-state index >= 15 is 0 Å². The molecule has 0 aliphatic heterocycles. The molecular formula is C22H26N4O2S. The summed E-state index contributed by atoms with van der Waals surface area (Å²) >= 11 is 1.32. The van der Waals surface area contributed by atoms with Crippen molar-refractivity contribution in [2.75, 3.05) is 13.1 Å². The molecule has 1 aromatic heterocycles. The number of aryl methyl sites for hydroxylation is 1. The first-order valence-corrected chi connectivity index (χ1v) is 10.7. The predicted octanol–water partition coefficient (Wildman–Crippen LogP) is 3.52. The summed E-state index contributed by atoms with van der Waals surface area (Å²) in [6, 6.07) is 19.7. The number of aromatic nitrogens is 3. The first-order chi connectivity index (χ1) is 14.1. The first kappa shape index (κ1) is 20.9. The Morgan fingerprint density at radius 1 is 1.07 bits per heavy atom. The van der Waals surface area contributed by atoms with Crippen molar-refractivity contribution in [3.05, 3.63) is 82.3 Å². The number of nitrogens with zero attached hydrogens (tertiary/aromatic N) is 3. The van der Waals surface area contributed by atoms with Crippen molar-refractivity contribution in [2.45, 2.75) is 37.2 Å². The Morgan fingerprint density at radius 3 is 2.31 bits per heavy atom. The number of rotatable bonds is 9. The molecule has 6 nitrogen and oxygen atoms in total. The Hall–Kier alpha value is -2.80. The van der Waals surface area contributed by atoms with E-state index in [4.69, 9.17) is 0 Å². The average Bonchev–Trinajstić information content (AvgIpc) is 3.11. The van der Waals surface area contributed by atoms with Crippen LogP contribution >= 0.6 is 11.8 Å². The summed E-state index contributed by atoms with van der Waals surface area (Å²) < 4.78 is 1.61. The first-order valence-electron chi connectivity index (χ1n) is 9.83. The molecule has 0 aliphatic rings. The highest BCUT2D eigenvalue weighted by molar-refractivity contribution is 8.00. The van der Waals surface area contributed by atoms with Gasteiger partial charge in [-0.1, -0.05) is 72.4 Å². The van der Waals surface area contributed by atoms with Gasteiger partial charge in [0, 0.05) is 19.6 Å². The molecule has 1 atom stereocenters. The zero-order chi connectivity index (χ0) is 20.6. The van der Waals surface area contributed by atoms with Gasteiger partial charge in [0.25, 0.3) is 0 Å². The highest BCUT2D eigenvalue weighted by atomic mass is 32.2. The number of carbonyl (C=O) groups is 1. The molecule has 0 saturated carbocycles. The zero-order valence-corrected chi connectivity index (χ0v) is 17.6. The van der Waals surface area contributed by atoms with E-state index < -0.39 is 5.25 Å². The topological polar surface area (TPSA) is 71.0 Å². The summed E-state index contributed by atoms with van der Waals surface area (Å²) in [7, 11) is 0. The maximum absolute atomic E-state index is 13.2. The Morgan fingerprint density at radius 2 is 1.69 bits per heavy atom. The fourth-order valence-corrected chi connectivity index (χ4v) is 4.33. The van der Waals surface area contributed by atoms with Crippen LogP contribution in [0.1, 0.15) is 30.2 Å². The van der Waals surface area contributed by atoms with Crippen LogP contribution in [-0.2, 0) is 17.8 Å². The van der Waals surface area contributed by atoms with Crippen LogP contribution in [0.5, 0.6) is 0 Å². The van der Waals surface area contributed by atoms with Gasteiger partial charge in [-0.15, -0.1) is 5.10 Å². The normalized spacial score (nSPS) is 11.9. The van der Waals surface area contributed by atoms with Crippen LogP contribution in [0.2, 0.25) is 0 Å². The lowest BCUT2D eigenvalue weighted by Gasteiger charge is -2.25. The summed E-state index contributed by atoms with van der Waals surface area (Å²) in [5, 5.41) is 6.81. The van der Waals surface area contributed by atoms with Gasteiger partial charge >= 0.3 is 5.69 Å².